The van der Waals surface area contributed by atoms with E-state index in [2.05, 4.69) is 24.3 Å². The predicted octanol–water partition coefficient (Wildman–Crippen LogP) is 2.75. The number of nitrogens with one attached hydrogen (secondary N) is 1. The molecule has 0 fully saturated rings. The van der Waals surface area contributed by atoms with Crippen LogP contribution in [0.1, 0.15) is 11.1 Å². The number of fused-ring (bicyclic) bond motifs is 1. The minimum absolute atomic E-state index is 0.101. The molecule has 4 rings (SSSR count). The highest BCUT2D eigenvalue weighted by molar-refractivity contribution is 5.75. The molecule has 7 heteroatoms. The first-order valence-corrected chi connectivity index (χ1v) is 9.29. The SMILES string of the molecule is O=c1oc2cc([N+](=O)[O-])ccc2n1C[NH+](Cc1ccccc1)Cc1ccccc1. The summed E-state index contributed by atoms with van der Waals surface area (Å²) in [5.74, 6) is -0.515. The largest absolute Gasteiger partial charge is 0.424 e. The fraction of sp³-hybridized carbons (Fsp3) is 0.136. The maximum absolute atomic E-state index is 12.5. The molecule has 0 atom stereocenters. The molecule has 0 saturated heterocycles. The van der Waals surface area contributed by atoms with Gasteiger partial charge in [-0.1, -0.05) is 60.7 Å². The Hall–Kier alpha value is -3.71. The van der Waals surface area contributed by atoms with E-state index in [1.54, 1.807) is 10.6 Å². The molecule has 0 aliphatic rings. The average Bonchev–Trinajstić information content (AvgIpc) is 3.04. The Morgan fingerprint density at radius 2 is 1.48 bits per heavy atom. The zero-order chi connectivity index (χ0) is 20.2. The van der Waals surface area contributed by atoms with Gasteiger partial charge in [-0.15, -0.1) is 0 Å². The Morgan fingerprint density at radius 3 is 2.03 bits per heavy atom. The van der Waals surface area contributed by atoms with Crippen molar-refractivity contribution >= 4 is 16.8 Å². The second-order valence-corrected chi connectivity index (χ2v) is 6.94. The van der Waals surface area contributed by atoms with Gasteiger partial charge in [-0.25, -0.2) is 9.36 Å². The van der Waals surface area contributed by atoms with Gasteiger partial charge >= 0.3 is 5.76 Å². The van der Waals surface area contributed by atoms with E-state index in [0.29, 0.717) is 12.2 Å². The van der Waals surface area contributed by atoms with Crippen LogP contribution in [0, 0.1) is 10.1 Å². The Balaban J connectivity index is 1.67. The number of quaternary nitrogens is 1. The molecular weight excluding hydrogens is 370 g/mol. The van der Waals surface area contributed by atoms with Gasteiger partial charge in [0.05, 0.1) is 16.5 Å². The molecule has 7 nitrogen and oxygen atoms in total. The fourth-order valence-corrected chi connectivity index (χ4v) is 3.49. The van der Waals surface area contributed by atoms with Crippen molar-refractivity contribution in [2.75, 3.05) is 0 Å². The standard InChI is InChI=1S/C22H19N3O4/c26-22-24(20-12-11-19(25(27)28)13-21(20)29-22)16-23(14-17-7-3-1-4-8-17)15-18-9-5-2-6-10-18/h1-13H,14-16H2/p+1. The molecular formula is C22H20N3O4+. The summed E-state index contributed by atoms with van der Waals surface area (Å²) in [6.45, 7) is 1.83. The van der Waals surface area contributed by atoms with E-state index in [0.717, 1.165) is 29.1 Å². The summed E-state index contributed by atoms with van der Waals surface area (Å²) in [6.07, 6.45) is 0. The van der Waals surface area contributed by atoms with Crippen molar-refractivity contribution in [3.8, 4) is 0 Å². The highest BCUT2D eigenvalue weighted by Gasteiger charge is 2.19. The lowest BCUT2D eigenvalue weighted by Gasteiger charge is -2.20. The van der Waals surface area contributed by atoms with Crippen LogP contribution in [0.2, 0.25) is 0 Å². The molecule has 1 heterocycles. The predicted molar refractivity (Wildman–Crippen MR) is 108 cm³/mol. The molecule has 0 spiro atoms. The Labute approximate surface area is 166 Å². The molecule has 29 heavy (non-hydrogen) atoms. The monoisotopic (exact) mass is 390 g/mol. The van der Waals surface area contributed by atoms with E-state index in [-0.39, 0.29) is 11.3 Å². The number of hydrogen-bond acceptors (Lipinski definition) is 4. The van der Waals surface area contributed by atoms with E-state index >= 15 is 0 Å². The van der Waals surface area contributed by atoms with E-state index in [9.17, 15) is 14.9 Å². The Kier molecular flexibility index (Phi) is 5.22. The van der Waals surface area contributed by atoms with E-state index in [1.807, 2.05) is 36.4 Å². The average molecular weight is 390 g/mol. The maximum Gasteiger partial charge on any atom is 0.424 e. The second kappa shape index (κ2) is 8.12. The normalized spacial score (nSPS) is 11.2. The van der Waals surface area contributed by atoms with Crippen molar-refractivity contribution in [1.29, 1.82) is 0 Å². The lowest BCUT2D eigenvalue weighted by atomic mass is 10.2. The summed E-state index contributed by atoms with van der Waals surface area (Å²) in [6, 6.07) is 24.4. The van der Waals surface area contributed by atoms with Crippen molar-refractivity contribution in [3.63, 3.8) is 0 Å². The van der Waals surface area contributed by atoms with Crippen LogP contribution in [0.4, 0.5) is 5.69 Å². The van der Waals surface area contributed by atoms with Gasteiger partial charge in [-0.05, 0) is 6.07 Å². The minimum Gasteiger partial charge on any atom is -0.407 e. The quantitative estimate of drug-likeness (QED) is 0.389. The summed E-state index contributed by atoms with van der Waals surface area (Å²) in [5, 5.41) is 11.0. The Bertz CT molecular complexity index is 1140. The number of rotatable bonds is 7. The van der Waals surface area contributed by atoms with Gasteiger partial charge in [-0.2, -0.15) is 0 Å². The van der Waals surface area contributed by atoms with Gasteiger partial charge in [-0.3, -0.25) is 10.1 Å². The van der Waals surface area contributed by atoms with E-state index in [4.69, 9.17) is 4.42 Å². The van der Waals surface area contributed by atoms with Crippen molar-refractivity contribution in [3.05, 3.63) is 111 Å². The van der Waals surface area contributed by atoms with Crippen LogP contribution < -0.4 is 10.7 Å². The number of nitro benzene ring substituents is 1. The number of hydrogen-bond donors (Lipinski definition) is 1. The molecule has 1 N–H and O–H groups in total. The van der Waals surface area contributed by atoms with Crippen LogP contribution in [0.15, 0.2) is 88.1 Å². The van der Waals surface area contributed by atoms with E-state index < -0.39 is 10.7 Å². The number of aromatic nitrogens is 1. The molecule has 0 unspecified atom stereocenters. The minimum atomic E-state index is -0.515. The summed E-state index contributed by atoms with van der Waals surface area (Å²) in [5.41, 5.74) is 3.00. The third kappa shape index (κ3) is 4.25. The summed E-state index contributed by atoms with van der Waals surface area (Å²) < 4.78 is 6.82. The van der Waals surface area contributed by atoms with Crippen LogP contribution >= 0.6 is 0 Å². The van der Waals surface area contributed by atoms with Gasteiger partial charge in [0, 0.05) is 17.2 Å². The molecule has 3 aromatic carbocycles. The first kappa shape index (κ1) is 18.6. The summed E-state index contributed by atoms with van der Waals surface area (Å²) in [7, 11) is 0. The van der Waals surface area contributed by atoms with Gasteiger partial charge in [0.2, 0.25) is 0 Å². The first-order chi connectivity index (χ1) is 14.1. The molecule has 0 radical (unpaired) electrons. The lowest BCUT2D eigenvalue weighted by molar-refractivity contribution is -0.949. The molecule has 146 valence electrons. The first-order valence-electron chi connectivity index (χ1n) is 9.29. The van der Waals surface area contributed by atoms with Crippen LogP contribution in [-0.4, -0.2) is 9.49 Å². The molecule has 0 bridgehead atoms. The topological polar surface area (TPSA) is 82.7 Å². The number of oxazole rings is 1. The maximum atomic E-state index is 12.5. The van der Waals surface area contributed by atoms with Crippen LogP contribution in [-0.2, 0) is 19.8 Å². The smallest absolute Gasteiger partial charge is 0.407 e. The third-order valence-corrected chi connectivity index (χ3v) is 4.84. The molecule has 0 aliphatic heterocycles. The highest BCUT2D eigenvalue weighted by Crippen LogP contribution is 2.19. The van der Waals surface area contributed by atoms with Gasteiger partial charge in [0.1, 0.15) is 13.1 Å². The number of nitro groups is 1. The lowest BCUT2D eigenvalue weighted by Crippen LogP contribution is -3.08. The van der Waals surface area contributed by atoms with Gasteiger partial charge in [0.15, 0.2) is 12.3 Å². The molecule has 0 aliphatic carbocycles. The molecule has 0 amide bonds. The molecule has 1 aromatic heterocycles. The summed E-state index contributed by atoms with van der Waals surface area (Å²) >= 11 is 0. The van der Waals surface area contributed by atoms with Crippen LogP contribution in [0.3, 0.4) is 0 Å². The van der Waals surface area contributed by atoms with Crippen LogP contribution in [0.25, 0.3) is 11.1 Å². The van der Waals surface area contributed by atoms with Gasteiger partial charge < -0.3 is 9.32 Å². The highest BCUT2D eigenvalue weighted by atomic mass is 16.6. The van der Waals surface area contributed by atoms with Crippen molar-refractivity contribution in [1.82, 2.24) is 4.57 Å². The number of benzene rings is 3. The summed E-state index contributed by atoms with van der Waals surface area (Å²) in [4.78, 5) is 24.1. The zero-order valence-corrected chi connectivity index (χ0v) is 15.7. The number of nitrogens with zero attached hydrogens (tertiary/aromatic N) is 2. The van der Waals surface area contributed by atoms with Crippen molar-refractivity contribution in [2.24, 2.45) is 0 Å². The van der Waals surface area contributed by atoms with Gasteiger partial charge in [0.25, 0.3) is 5.69 Å². The molecule has 0 saturated carbocycles. The van der Waals surface area contributed by atoms with E-state index in [1.165, 1.54) is 12.1 Å². The number of non-ortho nitro benzene ring substituents is 1. The Morgan fingerprint density at radius 1 is 0.897 bits per heavy atom. The zero-order valence-electron chi connectivity index (χ0n) is 15.7. The van der Waals surface area contributed by atoms with Crippen molar-refractivity contribution in [2.45, 2.75) is 19.8 Å². The molecule has 4 aromatic rings. The second-order valence-electron chi connectivity index (χ2n) is 6.94. The van der Waals surface area contributed by atoms with Crippen LogP contribution in [0.5, 0.6) is 0 Å². The van der Waals surface area contributed by atoms with Crippen molar-refractivity contribution < 1.29 is 14.2 Å². The fourth-order valence-electron chi connectivity index (χ4n) is 3.49. The third-order valence-electron chi connectivity index (χ3n) is 4.84.